The largest absolute Gasteiger partial charge is 0.486 e. The Morgan fingerprint density at radius 2 is 1.62 bits per heavy atom. The van der Waals surface area contributed by atoms with Gasteiger partial charge in [-0.1, -0.05) is 18.2 Å². The Morgan fingerprint density at radius 1 is 1.00 bits per heavy atom. The first-order valence-corrected chi connectivity index (χ1v) is 9.12. The first-order valence-electron chi connectivity index (χ1n) is 7.51. The van der Waals surface area contributed by atoms with Gasteiger partial charge in [0.25, 0.3) is 0 Å². The third-order valence-corrected chi connectivity index (χ3v) is 5.53. The van der Waals surface area contributed by atoms with Crippen molar-refractivity contribution >= 4 is 10.0 Å². The minimum Gasteiger partial charge on any atom is -0.486 e. The van der Waals surface area contributed by atoms with Gasteiger partial charge in [-0.15, -0.1) is 0 Å². The van der Waals surface area contributed by atoms with Gasteiger partial charge in [0.15, 0.2) is 11.5 Å². The number of rotatable bonds is 5. The molecule has 0 unspecified atom stereocenters. The first kappa shape index (κ1) is 16.7. The van der Waals surface area contributed by atoms with Crippen molar-refractivity contribution in [2.45, 2.75) is 12.3 Å². The molecule has 24 heavy (non-hydrogen) atoms. The minimum absolute atomic E-state index is 0.172. The number of benzene rings is 2. The van der Waals surface area contributed by atoms with E-state index in [0.29, 0.717) is 30.3 Å². The predicted octanol–water partition coefficient (Wildman–Crippen LogP) is 2.56. The molecule has 0 bridgehead atoms. The van der Waals surface area contributed by atoms with Gasteiger partial charge in [-0.2, -0.15) is 0 Å². The molecule has 1 aliphatic heterocycles. The van der Waals surface area contributed by atoms with Crippen LogP contribution < -0.4 is 9.47 Å². The summed E-state index contributed by atoms with van der Waals surface area (Å²) in [7, 11) is -1.98. The topological polar surface area (TPSA) is 55.8 Å². The maximum atomic E-state index is 12.9. The van der Waals surface area contributed by atoms with Gasteiger partial charge >= 0.3 is 0 Å². The lowest BCUT2D eigenvalue weighted by Crippen LogP contribution is -2.27. The molecule has 0 saturated heterocycles. The summed E-state index contributed by atoms with van der Waals surface area (Å²) in [5, 5.41) is 0. The zero-order valence-electron chi connectivity index (χ0n) is 13.2. The van der Waals surface area contributed by atoms with E-state index < -0.39 is 10.0 Å². The molecule has 0 radical (unpaired) electrons. The molecule has 0 saturated carbocycles. The molecule has 2 aromatic rings. The summed E-state index contributed by atoms with van der Waals surface area (Å²) in [5.74, 6) is 0.736. The van der Waals surface area contributed by atoms with E-state index >= 15 is 0 Å². The van der Waals surface area contributed by atoms with E-state index in [1.54, 1.807) is 12.1 Å². The SMILES string of the molecule is CN(Cc1ccc2c(c1)OCCO2)S(=O)(=O)Cc1ccc(F)cc1. The highest BCUT2D eigenvalue weighted by Crippen LogP contribution is 2.31. The van der Waals surface area contributed by atoms with E-state index in [1.807, 2.05) is 6.07 Å². The van der Waals surface area contributed by atoms with Crippen LogP contribution in [0, 0.1) is 5.82 Å². The van der Waals surface area contributed by atoms with Crippen molar-refractivity contribution in [1.82, 2.24) is 4.31 Å². The molecule has 0 amide bonds. The average Bonchev–Trinajstić information content (AvgIpc) is 2.56. The molecule has 7 heteroatoms. The average molecular weight is 351 g/mol. The molecule has 0 aromatic heterocycles. The van der Waals surface area contributed by atoms with Crippen LogP contribution in [0.5, 0.6) is 11.5 Å². The number of ether oxygens (including phenoxy) is 2. The van der Waals surface area contributed by atoms with E-state index in [4.69, 9.17) is 9.47 Å². The van der Waals surface area contributed by atoms with E-state index in [2.05, 4.69) is 0 Å². The number of hydrogen-bond acceptors (Lipinski definition) is 4. The Morgan fingerprint density at radius 3 is 2.33 bits per heavy atom. The summed E-state index contributed by atoms with van der Waals surface area (Å²) in [6.45, 7) is 1.22. The van der Waals surface area contributed by atoms with Crippen molar-refractivity contribution in [1.29, 1.82) is 0 Å². The first-order chi connectivity index (χ1) is 11.4. The standard InChI is InChI=1S/C17H18FNO4S/c1-19(24(20,21)12-13-2-5-15(18)6-3-13)11-14-4-7-16-17(10-14)23-9-8-22-16/h2-7,10H,8-9,11-12H2,1H3. The molecule has 128 valence electrons. The Bertz CT molecular complexity index is 821. The van der Waals surface area contributed by atoms with Crippen LogP contribution in [0.2, 0.25) is 0 Å². The number of nitrogens with zero attached hydrogens (tertiary/aromatic N) is 1. The molecule has 0 fully saturated rings. The van der Waals surface area contributed by atoms with Gasteiger partial charge < -0.3 is 9.47 Å². The fourth-order valence-electron chi connectivity index (χ4n) is 2.44. The van der Waals surface area contributed by atoms with Gasteiger partial charge in [0.1, 0.15) is 19.0 Å². The van der Waals surface area contributed by atoms with Gasteiger partial charge in [-0.25, -0.2) is 17.1 Å². The van der Waals surface area contributed by atoms with E-state index in [0.717, 1.165) is 5.56 Å². The monoisotopic (exact) mass is 351 g/mol. The van der Waals surface area contributed by atoms with Crippen molar-refractivity contribution in [2.75, 3.05) is 20.3 Å². The fraction of sp³-hybridized carbons (Fsp3) is 0.294. The Kier molecular flexibility index (Phi) is 4.73. The quantitative estimate of drug-likeness (QED) is 0.831. The van der Waals surface area contributed by atoms with Crippen LogP contribution in [0.3, 0.4) is 0 Å². The number of halogens is 1. The molecule has 0 aliphatic carbocycles. The summed E-state index contributed by atoms with van der Waals surface area (Å²) in [6.07, 6.45) is 0. The van der Waals surface area contributed by atoms with Gasteiger partial charge in [0, 0.05) is 13.6 Å². The smallest absolute Gasteiger partial charge is 0.218 e. The Labute approximate surface area is 140 Å². The summed E-state index contributed by atoms with van der Waals surface area (Å²) < 4.78 is 50.1. The van der Waals surface area contributed by atoms with Gasteiger partial charge in [0.2, 0.25) is 10.0 Å². The lowest BCUT2D eigenvalue weighted by atomic mass is 10.2. The van der Waals surface area contributed by atoms with E-state index in [1.165, 1.54) is 35.6 Å². The van der Waals surface area contributed by atoms with Gasteiger partial charge in [0.05, 0.1) is 5.75 Å². The van der Waals surface area contributed by atoms with Gasteiger partial charge in [-0.05, 0) is 35.4 Å². The summed E-state index contributed by atoms with van der Waals surface area (Å²) in [4.78, 5) is 0. The van der Waals surface area contributed by atoms with Crippen molar-refractivity contribution in [2.24, 2.45) is 0 Å². The number of hydrogen-bond donors (Lipinski definition) is 0. The minimum atomic E-state index is -3.51. The van der Waals surface area contributed by atoms with E-state index in [9.17, 15) is 12.8 Å². The maximum absolute atomic E-state index is 12.9. The molecular weight excluding hydrogens is 333 g/mol. The highest BCUT2D eigenvalue weighted by Gasteiger charge is 2.20. The summed E-state index contributed by atoms with van der Waals surface area (Å²) in [5.41, 5.74) is 1.36. The second-order valence-corrected chi connectivity index (χ2v) is 7.69. The summed E-state index contributed by atoms with van der Waals surface area (Å²) in [6, 6.07) is 10.9. The van der Waals surface area contributed by atoms with Crippen LogP contribution in [-0.2, 0) is 22.3 Å². The predicted molar refractivity (Wildman–Crippen MR) is 87.9 cm³/mol. The molecule has 0 spiro atoms. The third-order valence-electron chi connectivity index (χ3n) is 3.75. The fourth-order valence-corrected chi connectivity index (χ4v) is 3.62. The highest BCUT2D eigenvalue weighted by atomic mass is 32.2. The lowest BCUT2D eigenvalue weighted by Gasteiger charge is -2.21. The van der Waals surface area contributed by atoms with Crippen LogP contribution in [0.1, 0.15) is 11.1 Å². The number of sulfonamides is 1. The molecule has 5 nitrogen and oxygen atoms in total. The van der Waals surface area contributed by atoms with Crippen molar-refractivity contribution < 1.29 is 22.3 Å². The molecule has 1 heterocycles. The number of fused-ring (bicyclic) bond motifs is 1. The van der Waals surface area contributed by atoms with Gasteiger partial charge in [-0.3, -0.25) is 0 Å². The Hall–Kier alpha value is -2.12. The van der Waals surface area contributed by atoms with Crippen molar-refractivity contribution in [3.8, 4) is 11.5 Å². The van der Waals surface area contributed by atoms with Crippen molar-refractivity contribution in [3.63, 3.8) is 0 Å². The maximum Gasteiger partial charge on any atom is 0.218 e. The Balaban J connectivity index is 1.71. The molecular formula is C17H18FNO4S. The van der Waals surface area contributed by atoms with Crippen LogP contribution >= 0.6 is 0 Å². The van der Waals surface area contributed by atoms with Crippen LogP contribution in [-0.4, -0.2) is 33.0 Å². The normalized spacial score (nSPS) is 14.0. The lowest BCUT2D eigenvalue weighted by molar-refractivity contribution is 0.171. The zero-order valence-corrected chi connectivity index (χ0v) is 14.1. The third kappa shape index (κ3) is 3.85. The molecule has 0 atom stereocenters. The highest BCUT2D eigenvalue weighted by molar-refractivity contribution is 7.88. The second kappa shape index (κ2) is 6.78. The van der Waals surface area contributed by atoms with Crippen LogP contribution in [0.15, 0.2) is 42.5 Å². The van der Waals surface area contributed by atoms with Crippen LogP contribution in [0.4, 0.5) is 4.39 Å². The molecule has 0 N–H and O–H groups in total. The molecule has 3 rings (SSSR count). The molecule has 2 aromatic carbocycles. The van der Waals surface area contributed by atoms with Crippen molar-refractivity contribution in [3.05, 3.63) is 59.4 Å². The second-order valence-electron chi connectivity index (χ2n) is 5.62. The summed E-state index contributed by atoms with van der Waals surface area (Å²) >= 11 is 0. The van der Waals surface area contributed by atoms with Crippen LogP contribution in [0.25, 0.3) is 0 Å². The molecule has 1 aliphatic rings. The zero-order chi connectivity index (χ0) is 17.2. The van der Waals surface area contributed by atoms with E-state index in [-0.39, 0.29) is 18.1 Å².